The summed E-state index contributed by atoms with van der Waals surface area (Å²) in [5.74, 6) is 1.84. The van der Waals surface area contributed by atoms with E-state index < -0.39 is 0 Å². The Morgan fingerprint density at radius 1 is 1.38 bits per heavy atom. The standard InChI is InChI=1S/C14H21N5O2/c1-10-9-11(10)16-14(20)19-7-5-18(6-8-19)13-15-4-3-12(17-13)21-2/h3-4,10-11H,5-9H2,1-2H3,(H,16,20)/t10-,11+/m1/s1. The Labute approximate surface area is 124 Å². The molecule has 2 aliphatic rings. The summed E-state index contributed by atoms with van der Waals surface area (Å²) >= 11 is 0. The van der Waals surface area contributed by atoms with Gasteiger partial charge in [0.2, 0.25) is 11.8 Å². The largest absolute Gasteiger partial charge is 0.481 e. The highest BCUT2D eigenvalue weighted by Gasteiger charge is 2.35. The van der Waals surface area contributed by atoms with E-state index in [1.165, 1.54) is 0 Å². The number of nitrogens with one attached hydrogen (secondary N) is 1. The normalized spacial score (nSPS) is 24.7. The van der Waals surface area contributed by atoms with Gasteiger partial charge < -0.3 is 19.9 Å². The molecule has 2 heterocycles. The Balaban J connectivity index is 1.53. The summed E-state index contributed by atoms with van der Waals surface area (Å²) in [7, 11) is 1.59. The molecule has 0 spiro atoms. The average Bonchev–Trinajstić information content (AvgIpc) is 3.22. The lowest BCUT2D eigenvalue weighted by atomic mass is 10.3. The third-order valence-electron chi connectivity index (χ3n) is 4.09. The summed E-state index contributed by atoms with van der Waals surface area (Å²) in [6.07, 6.45) is 2.79. The van der Waals surface area contributed by atoms with Crippen LogP contribution in [0, 0.1) is 5.92 Å². The number of urea groups is 1. The van der Waals surface area contributed by atoms with Gasteiger partial charge in [0.15, 0.2) is 0 Å². The van der Waals surface area contributed by atoms with Crippen LogP contribution >= 0.6 is 0 Å². The zero-order chi connectivity index (χ0) is 14.8. The third kappa shape index (κ3) is 3.17. The van der Waals surface area contributed by atoms with Crippen LogP contribution in [0.15, 0.2) is 12.3 Å². The van der Waals surface area contributed by atoms with Crippen LogP contribution in [0.4, 0.5) is 10.7 Å². The van der Waals surface area contributed by atoms with Gasteiger partial charge in [-0.05, 0) is 12.3 Å². The summed E-state index contributed by atoms with van der Waals surface area (Å²) in [5, 5.41) is 3.06. The van der Waals surface area contributed by atoms with Gasteiger partial charge in [0.25, 0.3) is 0 Å². The predicted molar refractivity (Wildman–Crippen MR) is 78.5 cm³/mol. The minimum atomic E-state index is 0.0514. The number of ether oxygens (including phenoxy) is 1. The summed E-state index contributed by atoms with van der Waals surface area (Å²) in [4.78, 5) is 24.6. The van der Waals surface area contributed by atoms with Crippen molar-refractivity contribution >= 4 is 12.0 Å². The monoisotopic (exact) mass is 291 g/mol. The van der Waals surface area contributed by atoms with Gasteiger partial charge in [-0.15, -0.1) is 0 Å². The van der Waals surface area contributed by atoms with E-state index in [4.69, 9.17) is 4.74 Å². The molecular formula is C14H21N5O2. The van der Waals surface area contributed by atoms with E-state index in [2.05, 4.69) is 27.1 Å². The van der Waals surface area contributed by atoms with Crippen molar-refractivity contribution < 1.29 is 9.53 Å². The first-order valence-electron chi connectivity index (χ1n) is 7.35. The first kappa shape index (κ1) is 13.9. The van der Waals surface area contributed by atoms with Gasteiger partial charge in [-0.2, -0.15) is 4.98 Å². The first-order valence-corrected chi connectivity index (χ1v) is 7.35. The molecule has 1 aliphatic heterocycles. The van der Waals surface area contributed by atoms with Crippen molar-refractivity contribution in [2.75, 3.05) is 38.2 Å². The van der Waals surface area contributed by atoms with Crippen LogP contribution in [0.5, 0.6) is 5.88 Å². The second kappa shape index (κ2) is 5.75. The quantitative estimate of drug-likeness (QED) is 0.889. The molecule has 1 saturated heterocycles. The first-order chi connectivity index (χ1) is 10.2. The van der Waals surface area contributed by atoms with Crippen LogP contribution < -0.4 is 15.0 Å². The van der Waals surface area contributed by atoms with Gasteiger partial charge in [-0.25, -0.2) is 9.78 Å². The Morgan fingerprint density at radius 3 is 2.71 bits per heavy atom. The van der Waals surface area contributed by atoms with Crippen LogP contribution in [-0.2, 0) is 0 Å². The Kier molecular flexibility index (Phi) is 3.81. The Hall–Kier alpha value is -2.05. The number of rotatable bonds is 3. The molecule has 114 valence electrons. The van der Waals surface area contributed by atoms with Crippen molar-refractivity contribution in [2.24, 2.45) is 5.92 Å². The van der Waals surface area contributed by atoms with Crippen molar-refractivity contribution in [3.05, 3.63) is 12.3 Å². The van der Waals surface area contributed by atoms with Crippen molar-refractivity contribution in [3.63, 3.8) is 0 Å². The van der Waals surface area contributed by atoms with Crippen LogP contribution in [0.1, 0.15) is 13.3 Å². The average molecular weight is 291 g/mol. The highest BCUT2D eigenvalue weighted by atomic mass is 16.5. The molecule has 0 bridgehead atoms. The van der Waals surface area contributed by atoms with Crippen LogP contribution in [-0.4, -0.2) is 60.2 Å². The van der Waals surface area contributed by atoms with Crippen molar-refractivity contribution in [2.45, 2.75) is 19.4 Å². The molecule has 7 nitrogen and oxygen atoms in total. The van der Waals surface area contributed by atoms with E-state index in [-0.39, 0.29) is 6.03 Å². The lowest BCUT2D eigenvalue weighted by Crippen LogP contribution is -2.52. The van der Waals surface area contributed by atoms with Gasteiger partial charge in [0, 0.05) is 44.5 Å². The lowest BCUT2D eigenvalue weighted by Gasteiger charge is -2.34. The lowest BCUT2D eigenvalue weighted by molar-refractivity contribution is 0.193. The minimum Gasteiger partial charge on any atom is -0.481 e. The number of methoxy groups -OCH3 is 1. The topological polar surface area (TPSA) is 70.6 Å². The van der Waals surface area contributed by atoms with Gasteiger partial charge in [0.05, 0.1) is 7.11 Å². The molecular weight excluding hydrogens is 270 g/mol. The van der Waals surface area contributed by atoms with E-state index in [1.54, 1.807) is 19.4 Å². The maximum absolute atomic E-state index is 12.1. The van der Waals surface area contributed by atoms with Crippen LogP contribution in [0.3, 0.4) is 0 Å². The minimum absolute atomic E-state index is 0.0514. The van der Waals surface area contributed by atoms with Gasteiger partial charge in [0.1, 0.15) is 0 Å². The molecule has 2 atom stereocenters. The number of nitrogens with zero attached hydrogens (tertiary/aromatic N) is 4. The van der Waals surface area contributed by atoms with E-state index in [1.807, 2.05) is 4.90 Å². The van der Waals surface area contributed by atoms with Gasteiger partial charge in [-0.1, -0.05) is 6.92 Å². The smallest absolute Gasteiger partial charge is 0.317 e. The molecule has 2 amide bonds. The Morgan fingerprint density at radius 2 is 2.10 bits per heavy atom. The van der Waals surface area contributed by atoms with E-state index >= 15 is 0 Å². The number of aromatic nitrogens is 2. The fraction of sp³-hybridized carbons (Fsp3) is 0.643. The zero-order valence-corrected chi connectivity index (χ0v) is 12.5. The number of carbonyl (C=O) groups is 1. The van der Waals surface area contributed by atoms with E-state index in [9.17, 15) is 4.79 Å². The van der Waals surface area contributed by atoms with Crippen molar-refractivity contribution in [1.82, 2.24) is 20.2 Å². The molecule has 2 fully saturated rings. The number of piperazine rings is 1. The summed E-state index contributed by atoms with van der Waals surface area (Å²) in [6.45, 7) is 5.01. The van der Waals surface area contributed by atoms with Crippen LogP contribution in [0.2, 0.25) is 0 Å². The molecule has 0 radical (unpaired) electrons. The second-order valence-electron chi connectivity index (χ2n) is 5.64. The number of carbonyl (C=O) groups excluding carboxylic acids is 1. The summed E-state index contributed by atoms with van der Waals surface area (Å²) < 4.78 is 5.11. The number of hydrogen-bond donors (Lipinski definition) is 1. The summed E-state index contributed by atoms with van der Waals surface area (Å²) in [6, 6.07) is 2.15. The molecule has 7 heteroatoms. The maximum Gasteiger partial charge on any atom is 0.317 e. The fourth-order valence-corrected chi connectivity index (χ4v) is 2.48. The third-order valence-corrected chi connectivity index (χ3v) is 4.09. The van der Waals surface area contributed by atoms with Gasteiger partial charge >= 0.3 is 6.03 Å². The molecule has 0 unspecified atom stereocenters. The van der Waals surface area contributed by atoms with Crippen molar-refractivity contribution in [1.29, 1.82) is 0 Å². The predicted octanol–water partition coefficient (Wildman–Crippen LogP) is 0.725. The SMILES string of the molecule is COc1ccnc(N2CCN(C(=O)N[C@H]3C[C@H]3C)CC2)n1. The van der Waals surface area contributed by atoms with E-state index in [0.717, 1.165) is 19.5 Å². The highest BCUT2D eigenvalue weighted by molar-refractivity contribution is 5.75. The van der Waals surface area contributed by atoms with Crippen LogP contribution in [0.25, 0.3) is 0 Å². The second-order valence-corrected chi connectivity index (χ2v) is 5.64. The molecule has 1 aromatic heterocycles. The zero-order valence-electron chi connectivity index (χ0n) is 12.5. The fourth-order valence-electron chi connectivity index (χ4n) is 2.48. The highest BCUT2D eigenvalue weighted by Crippen LogP contribution is 2.29. The molecule has 1 aromatic rings. The molecule has 0 aromatic carbocycles. The summed E-state index contributed by atoms with van der Waals surface area (Å²) in [5.41, 5.74) is 0. The maximum atomic E-state index is 12.1. The van der Waals surface area contributed by atoms with E-state index in [0.29, 0.717) is 36.9 Å². The number of hydrogen-bond acceptors (Lipinski definition) is 5. The number of amides is 2. The molecule has 3 rings (SSSR count). The molecule has 1 aliphatic carbocycles. The number of anilines is 1. The molecule has 1 saturated carbocycles. The molecule has 1 N–H and O–H groups in total. The molecule has 21 heavy (non-hydrogen) atoms. The Bertz CT molecular complexity index is 516. The van der Waals surface area contributed by atoms with Gasteiger partial charge in [-0.3, -0.25) is 0 Å². The van der Waals surface area contributed by atoms with Crippen molar-refractivity contribution in [3.8, 4) is 5.88 Å².